The Balaban J connectivity index is 2.33. The van der Waals surface area contributed by atoms with Gasteiger partial charge in [-0.1, -0.05) is 0 Å². The third kappa shape index (κ3) is 5.57. The van der Waals surface area contributed by atoms with Gasteiger partial charge < -0.3 is 14.7 Å². The summed E-state index contributed by atoms with van der Waals surface area (Å²) < 4.78 is 39.7. The molecule has 0 aromatic rings. The van der Waals surface area contributed by atoms with E-state index in [-0.39, 0.29) is 6.10 Å². The van der Waals surface area contributed by atoms with Gasteiger partial charge in [0.1, 0.15) is 18.1 Å². The van der Waals surface area contributed by atoms with Gasteiger partial charge in [-0.25, -0.2) is 4.79 Å². The van der Waals surface area contributed by atoms with E-state index in [9.17, 15) is 18.8 Å². The highest BCUT2D eigenvalue weighted by atomic mass is 32.2. The van der Waals surface area contributed by atoms with Crippen molar-refractivity contribution in [1.82, 2.24) is 0 Å². The number of alkyl halides is 2. The van der Waals surface area contributed by atoms with Crippen LogP contribution in [0.4, 0.5) is 8.78 Å². The van der Waals surface area contributed by atoms with Crippen LogP contribution in [-0.4, -0.2) is 30.0 Å². The molecule has 0 aromatic carbocycles. The highest BCUT2D eigenvalue weighted by Crippen LogP contribution is 2.33. The predicted octanol–water partition coefficient (Wildman–Crippen LogP) is 1.34. The van der Waals surface area contributed by atoms with Gasteiger partial charge in [0.05, 0.1) is 6.10 Å². The molecule has 19 heavy (non-hydrogen) atoms. The fourth-order valence-corrected chi connectivity index (χ4v) is 2.09. The third-order valence-corrected chi connectivity index (χ3v) is 3.20. The molecule has 0 N–H and O–H groups in total. The van der Waals surface area contributed by atoms with Crippen LogP contribution in [0.5, 0.6) is 0 Å². The Morgan fingerprint density at radius 2 is 1.89 bits per heavy atom. The molecular weight excluding hydrogens is 286 g/mol. The maximum absolute atomic E-state index is 13.1. The molecule has 1 aliphatic rings. The number of ether oxygens (including phenoxy) is 2. The van der Waals surface area contributed by atoms with Crippen molar-refractivity contribution in [2.45, 2.75) is 50.1 Å². The molecule has 0 spiro atoms. The largest absolute Gasteiger partial charge is 0.691 e. The fraction of sp³-hybridized carbons (Fsp3) is 0.900. The normalized spacial score (nSPS) is 24.2. The Labute approximate surface area is 113 Å². The average molecular weight is 301 g/mol. The van der Waals surface area contributed by atoms with Gasteiger partial charge >= 0.3 is 11.2 Å². The van der Waals surface area contributed by atoms with Crippen LogP contribution in [-0.2, 0) is 23.6 Å². The fourth-order valence-electron chi connectivity index (χ4n) is 1.86. The molecule has 0 unspecified atom stereocenters. The Hall–Kier alpha value is -0.480. The Morgan fingerprint density at radius 1 is 1.32 bits per heavy atom. The number of rotatable bonds is 7. The standard InChI is InChI=1S/C10H16F2O6S/c1-2-15-7-3-5-8(6-4-7)16-9(13)10(11,12)19-18-17-14/h7-8,14H,2-6H2,1H3/p-1. The first-order chi connectivity index (χ1) is 8.99. The molecule has 0 aliphatic heterocycles. The average Bonchev–Trinajstić information content (AvgIpc) is 2.39. The van der Waals surface area contributed by atoms with E-state index >= 15 is 0 Å². The highest BCUT2D eigenvalue weighted by Gasteiger charge is 2.45. The van der Waals surface area contributed by atoms with E-state index in [1.807, 2.05) is 6.92 Å². The summed E-state index contributed by atoms with van der Waals surface area (Å²) in [5.41, 5.74) is 0. The van der Waals surface area contributed by atoms with Crippen LogP contribution in [0.15, 0.2) is 0 Å². The summed E-state index contributed by atoms with van der Waals surface area (Å²) in [6.45, 7) is 2.47. The molecule has 1 fully saturated rings. The minimum atomic E-state index is -3.97. The Kier molecular flexibility index (Phi) is 6.94. The van der Waals surface area contributed by atoms with Gasteiger partial charge in [-0.3, -0.25) is 5.04 Å². The summed E-state index contributed by atoms with van der Waals surface area (Å²) in [5, 5.41) is 8.24. The van der Waals surface area contributed by atoms with Gasteiger partial charge in [-0.05, 0) is 32.6 Å². The van der Waals surface area contributed by atoms with E-state index in [1.165, 1.54) is 0 Å². The molecule has 9 heteroatoms. The van der Waals surface area contributed by atoms with Crippen LogP contribution < -0.4 is 5.26 Å². The van der Waals surface area contributed by atoms with Gasteiger partial charge in [0.2, 0.25) is 0 Å². The summed E-state index contributed by atoms with van der Waals surface area (Å²) in [6.07, 6.45) is 1.78. The molecule has 0 amide bonds. The van der Waals surface area contributed by atoms with Crippen LogP contribution in [0.1, 0.15) is 32.6 Å². The van der Waals surface area contributed by atoms with Gasteiger partial charge in [0.15, 0.2) is 0 Å². The summed E-state index contributed by atoms with van der Waals surface area (Å²) in [4.78, 5) is 11.2. The number of hydrogen-bond acceptors (Lipinski definition) is 7. The second-order valence-electron chi connectivity index (χ2n) is 4.00. The minimum Gasteiger partial charge on any atom is -0.691 e. The lowest BCUT2D eigenvalue weighted by molar-refractivity contribution is -0.777. The molecule has 0 atom stereocenters. The lowest BCUT2D eigenvalue weighted by Gasteiger charge is -2.28. The molecule has 0 bridgehead atoms. The van der Waals surface area contributed by atoms with E-state index in [4.69, 9.17) is 4.74 Å². The quantitative estimate of drug-likeness (QED) is 0.304. The van der Waals surface area contributed by atoms with Gasteiger partial charge in [-0.2, -0.15) is 13.1 Å². The molecule has 1 saturated carbocycles. The zero-order valence-electron chi connectivity index (χ0n) is 10.3. The van der Waals surface area contributed by atoms with Gasteiger partial charge in [-0.15, -0.1) is 0 Å². The molecule has 0 saturated heterocycles. The number of esters is 1. The van der Waals surface area contributed by atoms with Gasteiger partial charge in [0, 0.05) is 6.61 Å². The summed E-state index contributed by atoms with van der Waals surface area (Å²) in [5.74, 6) is -1.74. The summed E-state index contributed by atoms with van der Waals surface area (Å²) in [6, 6.07) is 0. The number of carbonyl (C=O) groups is 1. The molecule has 112 valence electrons. The SMILES string of the molecule is CCOC1CCC(OC(=O)C(F)(F)SOO[O-])CC1. The molecular formula is C10H15F2O6S-. The van der Waals surface area contributed by atoms with E-state index in [2.05, 4.69) is 14.1 Å². The Bertz CT molecular complexity index is 283. The van der Waals surface area contributed by atoms with E-state index in [0.29, 0.717) is 32.3 Å². The number of hydrogen-bond donors (Lipinski definition) is 0. The van der Waals surface area contributed by atoms with Crippen LogP contribution in [0, 0.1) is 0 Å². The first kappa shape index (κ1) is 16.6. The number of halogens is 2. The predicted molar refractivity (Wildman–Crippen MR) is 58.5 cm³/mol. The van der Waals surface area contributed by atoms with Crippen LogP contribution in [0.2, 0.25) is 0 Å². The summed E-state index contributed by atoms with van der Waals surface area (Å²) >= 11 is -0.683. The van der Waals surface area contributed by atoms with Crippen molar-refractivity contribution in [2.24, 2.45) is 0 Å². The topological polar surface area (TPSA) is 77.1 Å². The van der Waals surface area contributed by atoms with Crippen molar-refractivity contribution >= 4 is 18.0 Å². The molecule has 1 aliphatic carbocycles. The van der Waals surface area contributed by atoms with E-state index in [0.717, 1.165) is 0 Å². The lowest BCUT2D eigenvalue weighted by atomic mass is 9.95. The van der Waals surface area contributed by atoms with Crippen molar-refractivity contribution in [1.29, 1.82) is 0 Å². The van der Waals surface area contributed by atoms with Gasteiger partial charge in [0.25, 0.3) is 0 Å². The lowest BCUT2D eigenvalue weighted by Crippen LogP contribution is -2.34. The minimum absolute atomic E-state index is 0.0898. The van der Waals surface area contributed by atoms with E-state index < -0.39 is 29.4 Å². The van der Waals surface area contributed by atoms with Crippen LogP contribution in [0.25, 0.3) is 0 Å². The van der Waals surface area contributed by atoms with Crippen LogP contribution in [0.3, 0.4) is 0 Å². The maximum Gasteiger partial charge on any atom is 0.415 e. The van der Waals surface area contributed by atoms with Crippen molar-refractivity contribution < 1.29 is 37.7 Å². The Morgan fingerprint density at radius 3 is 2.42 bits per heavy atom. The smallest absolute Gasteiger partial charge is 0.415 e. The second kappa shape index (κ2) is 7.95. The van der Waals surface area contributed by atoms with Crippen molar-refractivity contribution in [3.05, 3.63) is 0 Å². The molecule has 6 nitrogen and oxygen atoms in total. The molecule has 0 heterocycles. The van der Waals surface area contributed by atoms with Crippen molar-refractivity contribution in [3.63, 3.8) is 0 Å². The molecule has 1 rings (SSSR count). The zero-order valence-corrected chi connectivity index (χ0v) is 11.1. The van der Waals surface area contributed by atoms with Crippen molar-refractivity contribution in [3.8, 4) is 0 Å². The monoisotopic (exact) mass is 301 g/mol. The van der Waals surface area contributed by atoms with E-state index in [1.54, 1.807) is 0 Å². The second-order valence-corrected chi connectivity index (χ2v) is 4.81. The molecule has 0 aromatic heterocycles. The number of carbonyl (C=O) groups excluding carboxylic acids is 1. The zero-order chi connectivity index (χ0) is 14.3. The molecule has 0 radical (unpaired) electrons. The summed E-state index contributed by atoms with van der Waals surface area (Å²) in [7, 11) is 0. The highest BCUT2D eigenvalue weighted by molar-refractivity contribution is 7.96. The first-order valence-corrected chi connectivity index (χ1v) is 6.58. The van der Waals surface area contributed by atoms with Crippen molar-refractivity contribution in [2.75, 3.05) is 6.61 Å². The van der Waals surface area contributed by atoms with Crippen LogP contribution >= 0.6 is 12.0 Å². The maximum atomic E-state index is 13.1. The third-order valence-electron chi connectivity index (χ3n) is 2.70. The first-order valence-electron chi connectivity index (χ1n) is 5.84.